The number of nitrogens with zero attached hydrogens (tertiary/aromatic N) is 1. The van der Waals surface area contributed by atoms with Gasteiger partial charge in [0.1, 0.15) is 5.75 Å². The maximum Gasteiger partial charge on any atom is 0.260 e. The van der Waals surface area contributed by atoms with Gasteiger partial charge in [0.05, 0.1) is 0 Å². The molecular formula is C18H18ClNO4. The van der Waals surface area contributed by atoms with Gasteiger partial charge < -0.3 is 19.1 Å². The Bertz CT molecular complexity index is 763. The lowest BCUT2D eigenvalue weighted by Gasteiger charge is -2.19. The topological polar surface area (TPSA) is 48.0 Å². The van der Waals surface area contributed by atoms with Gasteiger partial charge in [-0.1, -0.05) is 23.7 Å². The average Bonchev–Trinajstić information content (AvgIpc) is 3.03. The molecule has 1 aliphatic rings. The number of fused-ring (bicyclic) bond motifs is 1. The van der Waals surface area contributed by atoms with Gasteiger partial charge in [0.2, 0.25) is 6.79 Å². The van der Waals surface area contributed by atoms with Gasteiger partial charge in [-0.15, -0.1) is 0 Å². The summed E-state index contributed by atoms with van der Waals surface area (Å²) in [4.78, 5) is 13.9. The molecule has 0 saturated heterocycles. The van der Waals surface area contributed by atoms with E-state index in [0.29, 0.717) is 28.8 Å². The van der Waals surface area contributed by atoms with Gasteiger partial charge >= 0.3 is 0 Å². The first kappa shape index (κ1) is 16.5. The lowest BCUT2D eigenvalue weighted by Crippen LogP contribution is -2.31. The van der Waals surface area contributed by atoms with E-state index in [-0.39, 0.29) is 19.3 Å². The van der Waals surface area contributed by atoms with E-state index in [1.54, 1.807) is 30.1 Å². The quantitative estimate of drug-likeness (QED) is 0.831. The zero-order chi connectivity index (χ0) is 17.1. The lowest BCUT2D eigenvalue weighted by atomic mass is 10.2. The van der Waals surface area contributed by atoms with E-state index in [1.165, 1.54) is 0 Å². The van der Waals surface area contributed by atoms with Crippen molar-refractivity contribution in [1.82, 2.24) is 4.90 Å². The molecule has 1 heterocycles. The number of halogens is 1. The van der Waals surface area contributed by atoms with Gasteiger partial charge in [-0.3, -0.25) is 4.79 Å². The molecule has 3 rings (SSSR count). The molecule has 0 aromatic heterocycles. The molecule has 2 aromatic carbocycles. The minimum Gasteiger partial charge on any atom is -0.483 e. The molecule has 0 saturated carbocycles. The minimum absolute atomic E-state index is 0.0364. The summed E-state index contributed by atoms with van der Waals surface area (Å²) >= 11 is 5.91. The van der Waals surface area contributed by atoms with Crippen LogP contribution in [-0.2, 0) is 11.3 Å². The first-order chi connectivity index (χ1) is 11.5. The van der Waals surface area contributed by atoms with Crippen LogP contribution in [0.4, 0.5) is 0 Å². The largest absolute Gasteiger partial charge is 0.483 e. The van der Waals surface area contributed by atoms with Crippen molar-refractivity contribution in [1.29, 1.82) is 0 Å². The van der Waals surface area contributed by atoms with Crippen LogP contribution in [0.15, 0.2) is 36.4 Å². The molecule has 0 atom stereocenters. The molecule has 6 heteroatoms. The molecule has 1 aliphatic heterocycles. The van der Waals surface area contributed by atoms with Crippen molar-refractivity contribution in [2.45, 2.75) is 13.5 Å². The van der Waals surface area contributed by atoms with E-state index < -0.39 is 0 Å². The Morgan fingerprint density at radius 3 is 2.92 bits per heavy atom. The maximum absolute atomic E-state index is 12.3. The number of rotatable bonds is 5. The van der Waals surface area contributed by atoms with Crippen molar-refractivity contribution in [2.24, 2.45) is 0 Å². The molecule has 0 bridgehead atoms. The summed E-state index contributed by atoms with van der Waals surface area (Å²) in [5.74, 6) is 1.94. The van der Waals surface area contributed by atoms with E-state index in [9.17, 15) is 4.79 Å². The Balaban J connectivity index is 1.60. The highest BCUT2D eigenvalue weighted by Gasteiger charge is 2.19. The fourth-order valence-corrected chi connectivity index (χ4v) is 2.71. The second kappa shape index (κ2) is 7.01. The summed E-state index contributed by atoms with van der Waals surface area (Å²) in [6.45, 7) is 2.49. The molecule has 2 aromatic rings. The molecule has 24 heavy (non-hydrogen) atoms. The van der Waals surface area contributed by atoms with Crippen molar-refractivity contribution >= 4 is 17.5 Å². The van der Waals surface area contributed by atoms with E-state index >= 15 is 0 Å². The number of carbonyl (C=O) groups is 1. The number of aryl methyl sites for hydroxylation is 1. The predicted molar refractivity (Wildman–Crippen MR) is 90.7 cm³/mol. The van der Waals surface area contributed by atoms with Crippen molar-refractivity contribution < 1.29 is 19.0 Å². The number of carbonyl (C=O) groups excluding carboxylic acids is 1. The van der Waals surface area contributed by atoms with Crippen LogP contribution < -0.4 is 14.2 Å². The molecule has 126 valence electrons. The van der Waals surface area contributed by atoms with Gasteiger partial charge in [-0.25, -0.2) is 0 Å². The zero-order valence-corrected chi connectivity index (χ0v) is 14.3. The van der Waals surface area contributed by atoms with Crippen molar-refractivity contribution in [3.63, 3.8) is 0 Å². The number of amides is 1. The second-order valence-corrected chi connectivity index (χ2v) is 6.04. The van der Waals surface area contributed by atoms with Crippen LogP contribution in [0.25, 0.3) is 0 Å². The number of benzene rings is 2. The number of likely N-dealkylation sites (N-methyl/N-ethyl adjacent to an activating group) is 1. The third-order valence-corrected chi connectivity index (χ3v) is 4.03. The van der Waals surface area contributed by atoms with Gasteiger partial charge in [0.15, 0.2) is 18.1 Å². The van der Waals surface area contributed by atoms with Crippen LogP contribution in [0.1, 0.15) is 11.1 Å². The second-order valence-electron chi connectivity index (χ2n) is 5.60. The zero-order valence-electron chi connectivity index (χ0n) is 13.5. The summed E-state index contributed by atoms with van der Waals surface area (Å²) in [6.07, 6.45) is 0. The summed E-state index contributed by atoms with van der Waals surface area (Å²) in [5, 5.41) is 0.642. The number of ether oxygens (including phenoxy) is 3. The smallest absolute Gasteiger partial charge is 0.260 e. The summed E-state index contributed by atoms with van der Waals surface area (Å²) in [7, 11) is 1.73. The highest BCUT2D eigenvalue weighted by molar-refractivity contribution is 6.30. The predicted octanol–water partition coefficient (Wildman–Crippen LogP) is 3.41. The van der Waals surface area contributed by atoms with Gasteiger partial charge in [-0.05, 0) is 36.8 Å². The van der Waals surface area contributed by atoms with Gasteiger partial charge in [0.25, 0.3) is 5.91 Å². The molecule has 0 fully saturated rings. The Morgan fingerprint density at radius 1 is 1.29 bits per heavy atom. The monoisotopic (exact) mass is 347 g/mol. The summed E-state index contributed by atoms with van der Waals surface area (Å²) < 4.78 is 16.4. The Kier molecular flexibility index (Phi) is 4.81. The van der Waals surface area contributed by atoms with Crippen LogP contribution in [0.2, 0.25) is 5.02 Å². The Morgan fingerprint density at radius 2 is 2.12 bits per heavy atom. The molecule has 0 aliphatic carbocycles. The van der Waals surface area contributed by atoms with Gasteiger partial charge in [-0.2, -0.15) is 0 Å². The normalized spacial score (nSPS) is 12.1. The first-order valence-electron chi connectivity index (χ1n) is 7.55. The molecular weight excluding hydrogens is 330 g/mol. The van der Waals surface area contributed by atoms with Crippen molar-refractivity contribution in [3.05, 3.63) is 52.5 Å². The van der Waals surface area contributed by atoms with Crippen molar-refractivity contribution in [2.75, 3.05) is 20.4 Å². The fourth-order valence-electron chi connectivity index (χ4n) is 2.48. The van der Waals surface area contributed by atoms with E-state index in [0.717, 1.165) is 11.1 Å². The highest BCUT2D eigenvalue weighted by Crippen LogP contribution is 2.35. The SMILES string of the molecule is Cc1cc(Cl)ccc1OCC(=O)N(C)Cc1cccc2c1OCO2. The van der Waals surface area contributed by atoms with Crippen molar-refractivity contribution in [3.8, 4) is 17.2 Å². The molecule has 0 N–H and O–H groups in total. The number of hydrogen-bond donors (Lipinski definition) is 0. The molecule has 0 spiro atoms. The minimum atomic E-state index is -0.124. The van der Waals surface area contributed by atoms with E-state index in [4.69, 9.17) is 25.8 Å². The average molecular weight is 348 g/mol. The molecule has 0 radical (unpaired) electrons. The number of hydrogen-bond acceptors (Lipinski definition) is 4. The van der Waals surface area contributed by atoms with Crippen LogP contribution >= 0.6 is 11.6 Å². The summed E-state index contributed by atoms with van der Waals surface area (Å²) in [6, 6.07) is 11.0. The summed E-state index contributed by atoms with van der Waals surface area (Å²) in [5.41, 5.74) is 1.80. The Hall–Kier alpha value is -2.40. The third-order valence-electron chi connectivity index (χ3n) is 3.80. The van der Waals surface area contributed by atoms with Crippen LogP contribution in [0.3, 0.4) is 0 Å². The van der Waals surface area contributed by atoms with E-state index in [1.807, 2.05) is 25.1 Å². The van der Waals surface area contributed by atoms with Crippen LogP contribution in [-0.4, -0.2) is 31.3 Å². The van der Waals surface area contributed by atoms with Crippen LogP contribution in [0.5, 0.6) is 17.2 Å². The third kappa shape index (κ3) is 3.57. The van der Waals surface area contributed by atoms with Crippen LogP contribution in [0, 0.1) is 6.92 Å². The fraction of sp³-hybridized carbons (Fsp3) is 0.278. The lowest BCUT2D eigenvalue weighted by molar-refractivity contribution is -0.132. The molecule has 0 unspecified atom stereocenters. The number of para-hydroxylation sites is 1. The molecule has 1 amide bonds. The van der Waals surface area contributed by atoms with E-state index in [2.05, 4.69) is 0 Å². The molecule has 5 nitrogen and oxygen atoms in total. The highest BCUT2D eigenvalue weighted by atomic mass is 35.5. The maximum atomic E-state index is 12.3. The standard InChI is InChI=1S/C18H18ClNO4/c1-12-8-14(19)6-7-15(12)22-10-17(21)20(2)9-13-4-3-5-16-18(13)24-11-23-16/h3-8H,9-11H2,1-2H3. The first-order valence-corrected chi connectivity index (χ1v) is 7.93. The van der Waals surface area contributed by atoms with Gasteiger partial charge in [0, 0.05) is 24.2 Å². The Labute approximate surface area is 145 Å².